The van der Waals surface area contributed by atoms with Crippen molar-refractivity contribution in [1.82, 2.24) is 0 Å². The standard InChI is InChI=1S/C19H21FN2O3/c1-13-5-3-6-16(11-13)25-10-4-7-19(24)22-15-8-9-17(20)18(12-15)21-14(2)23/h3,5-6,8-9,11-12H,4,7,10H2,1-2H3,(H,21,23)(H,22,24). The van der Waals surface area contributed by atoms with Crippen LogP contribution in [0, 0.1) is 12.7 Å². The van der Waals surface area contributed by atoms with Crippen LogP contribution in [-0.4, -0.2) is 18.4 Å². The molecule has 0 unspecified atom stereocenters. The molecule has 2 rings (SSSR count). The van der Waals surface area contributed by atoms with E-state index in [9.17, 15) is 14.0 Å². The van der Waals surface area contributed by atoms with Crippen LogP contribution in [0.1, 0.15) is 25.3 Å². The van der Waals surface area contributed by atoms with Gasteiger partial charge in [0.2, 0.25) is 11.8 Å². The molecule has 0 fully saturated rings. The summed E-state index contributed by atoms with van der Waals surface area (Å²) in [5.74, 6) is -0.359. The van der Waals surface area contributed by atoms with Crippen LogP contribution in [0.4, 0.5) is 15.8 Å². The Balaban J connectivity index is 1.79. The fourth-order valence-corrected chi connectivity index (χ4v) is 2.24. The molecule has 0 atom stereocenters. The van der Waals surface area contributed by atoms with Crippen LogP contribution in [0.3, 0.4) is 0 Å². The number of nitrogens with one attached hydrogen (secondary N) is 2. The van der Waals surface area contributed by atoms with Crippen LogP contribution in [0.2, 0.25) is 0 Å². The van der Waals surface area contributed by atoms with Crippen LogP contribution >= 0.6 is 0 Å². The molecule has 0 radical (unpaired) electrons. The maximum Gasteiger partial charge on any atom is 0.224 e. The molecular formula is C19H21FN2O3. The number of rotatable bonds is 7. The molecule has 2 N–H and O–H groups in total. The molecule has 5 nitrogen and oxygen atoms in total. The number of carbonyl (C=O) groups is 2. The molecule has 0 saturated heterocycles. The van der Waals surface area contributed by atoms with Gasteiger partial charge in [-0.25, -0.2) is 4.39 Å². The zero-order chi connectivity index (χ0) is 18.2. The van der Waals surface area contributed by atoms with Crippen molar-refractivity contribution in [3.05, 3.63) is 53.8 Å². The van der Waals surface area contributed by atoms with E-state index in [0.29, 0.717) is 18.7 Å². The highest BCUT2D eigenvalue weighted by Crippen LogP contribution is 2.20. The summed E-state index contributed by atoms with van der Waals surface area (Å²) in [6, 6.07) is 11.7. The zero-order valence-electron chi connectivity index (χ0n) is 14.3. The lowest BCUT2D eigenvalue weighted by molar-refractivity contribution is -0.116. The van der Waals surface area contributed by atoms with E-state index in [-0.39, 0.29) is 23.9 Å². The quantitative estimate of drug-likeness (QED) is 0.749. The van der Waals surface area contributed by atoms with E-state index in [0.717, 1.165) is 11.3 Å². The smallest absolute Gasteiger partial charge is 0.224 e. The van der Waals surface area contributed by atoms with Crippen molar-refractivity contribution < 1.29 is 18.7 Å². The molecule has 0 bridgehead atoms. The molecule has 0 aliphatic carbocycles. The Morgan fingerprint density at radius 2 is 1.92 bits per heavy atom. The lowest BCUT2D eigenvalue weighted by atomic mass is 10.2. The van der Waals surface area contributed by atoms with Gasteiger partial charge in [0.1, 0.15) is 11.6 Å². The maximum absolute atomic E-state index is 13.6. The summed E-state index contributed by atoms with van der Waals surface area (Å²) in [6.07, 6.45) is 0.832. The minimum Gasteiger partial charge on any atom is -0.494 e. The largest absolute Gasteiger partial charge is 0.494 e. The van der Waals surface area contributed by atoms with E-state index in [2.05, 4.69) is 10.6 Å². The van der Waals surface area contributed by atoms with Crippen molar-refractivity contribution in [3.8, 4) is 5.75 Å². The van der Waals surface area contributed by atoms with Crippen molar-refractivity contribution in [3.63, 3.8) is 0 Å². The molecule has 2 aromatic rings. The third kappa shape index (κ3) is 6.25. The Morgan fingerprint density at radius 3 is 2.64 bits per heavy atom. The van der Waals surface area contributed by atoms with Crippen molar-refractivity contribution >= 4 is 23.2 Å². The Morgan fingerprint density at radius 1 is 1.12 bits per heavy atom. The molecule has 2 aromatic carbocycles. The molecule has 25 heavy (non-hydrogen) atoms. The fourth-order valence-electron chi connectivity index (χ4n) is 2.24. The number of amides is 2. The Kier molecular flexibility index (Phi) is 6.51. The second-order valence-corrected chi connectivity index (χ2v) is 5.69. The number of aryl methyl sites for hydroxylation is 1. The predicted octanol–water partition coefficient (Wildman–Crippen LogP) is 3.89. The minimum atomic E-state index is -0.556. The van der Waals surface area contributed by atoms with Crippen molar-refractivity contribution in [2.24, 2.45) is 0 Å². The number of anilines is 2. The van der Waals surface area contributed by atoms with Crippen LogP contribution in [-0.2, 0) is 9.59 Å². The molecule has 0 aliphatic heterocycles. The van der Waals surface area contributed by atoms with E-state index in [1.165, 1.54) is 25.1 Å². The van der Waals surface area contributed by atoms with Crippen LogP contribution in [0.25, 0.3) is 0 Å². The van der Waals surface area contributed by atoms with Gasteiger partial charge in [-0.3, -0.25) is 9.59 Å². The van der Waals surface area contributed by atoms with Gasteiger partial charge in [-0.2, -0.15) is 0 Å². The van der Waals surface area contributed by atoms with Gasteiger partial charge >= 0.3 is 0 Å². The Hall–Kier alpha value is -2.89. The van der Waals surface area contributed by atoms with E-state index >= 15 is 0 Å². The number of hydrogen-bond donors (Lipinski definition) is 2. The SMILES string of the molecule is CC(=O)Nc1cc(NC(=O)CCCOc2cccc(C)c2)ccc1F. The van der Waals surface area contributed by atoms with Crippen molar-refractivity contribution in [2.45, 2.75) is 26.7 Å². The van der Waals surface area contributed by atoms with Crippen molar-refractivity contribution in [1.29, 1.82) is 0 Å². The monoisotopic (exact) mass is 344 g/mol. The number of carbonyl (C=O) groups excluding carboxylic acids is 2. The van der Waals surface area contributed by atoms with Gasteiger partial charge in [-0.1, -0.05) is 12.1 Å². The van der Waals surface area contributed by atoms with Crippen LogP contribution in [0.15, 0.2) is 42.5 Å². The highest BCUT2D eigenvalue weighted by atomic mass is 19.1. The molecule has 0 heterocycles. The average Bonchev–Trinajstić information content (AvgIpc) is 2.54. The lowest BCUT2D eigenvalue weighted by Gasteiger charge is -2.09. The van der Waals surface area contributed by atoms with Gasteiger partial charge in [0.25, 0.3) is 0 Å². The van der Waals surface area contributed by atoms with Crippen molar-refractivity contribution in [2.75, 3.05) is 17.2 Å². The predicted molar refractivity (Wildman–Crippen MR) is 95.2 cm³/mol. The molecule has 0 saturated carbocycles. The number of hydrogen-bond acceptors (Lipinski definition) is 3. The summed E-state index contributed by atoms with van der Waals surface area (Å²) in [6.45, 7) is 3.70. The zero-order valence-corrected chi connectivity index (χ0v) is 14.3. The van der Waals surface area contributed by atoms with Gasteiger partial charge in [-0.05, 0) is 49.2 Å². The first-order valence-corrected chi connectivity index (χ1v) is 8.00. The molecule has 0 spiro atoms. The van der Waals surface area contributed by atoms with Gasteiger partial charge in [-0.15, -0.1) is 0 Å². The normalized spacial score (nSPS) is 10.2. The number of halogens is 1. The molecule has 6 heteroatoms. The molecular weight excluding hydrogens is 323 g/mol. The molecule has 2 amide bonds. The second-order valence-electron chi connectivity index (χ2n) is 5.69. The summed E-state index contributed by atoms with van der Waals surface area (Å²) >= 11 is 0. The van der Waals surface area contributed by atoms with Gasteiger partial charge < -0.3 is 15.4 Å². The Bertz CT molecular complexity index is 762. The van der Waals surface area contributed by atoms with Gasteiger partial charge in [0, 0.05) is 19.0 Å². The highest BCUT2D eigenvalue weighted by Gasteiger charge is 2.08. The van der Waals surface area contributed by atoms with E-state index < -0.39 is 5.82 Å². The number of ether oxygens (including phenoxy) is 1. The summed E-state index contributed by atoms with van der Waals surface area (Å²) in [7, 11) is 0. The average molecular weight is 344 g/mol. The first-order chi connectivity index (χ1) is 11.9. The van der Waals surface area contributed by atoms with Gasteiger partial charge in [0.15, 0.2) is 0 Å². The Labute approximate surface area is 146 Å². The topological polar surface area (TPSA) is 67.4 Å². The van der Waals surface area contributed by atoms with E-state index in [1.54, 1.807) is 0 Å². The lowest BCUT2D eigenvalue weighted by Crippen LogP contribution is -2.14. The van der Waals surface area contributed by atoms with E-state index in [4.69, 9.17) is 4.74 Å². The first-order valence-electron chi connectivity index (χ1n) is 8.00. The third-order valence-corrected chi connectivity index (χ3v) is 3.37. The minimum absolute atomic E-state index is 0.0353. The summed E-state index contributed by atoms with van der Waals surface area (Å²) in [5.41, 5.74) is 1.57. The fraction of sp³-hybridized carbons (Fsp3) is 0.263. The third-order valence-electron chi connectivity index (χ3n) is 3.37. The summed E-state index contributed by atoms with van der Waals surface area (Å²) < 4.78 is 19.2. The molecule has 132 valence electrons. The highest BCUT2D eigenvalue weighted by molar-refractivity contribution is 5.93. The first kappa shape index (κ1) is 18.4. The summed E-state index contributed by atoms with van der Waals surface area (Å²) in [4.78, 5) is 23.0. The molecule has 0 aliphatic rings. The van der Waals surface area contributed by atoms with Crippen LogP contribution < -0.4 is 15.4 Å². The molecule has 0 aromatic heterocycles. The summed E-state index contributed by atoms with van der Waals surface area (Å²) in [5, 5.41) is 5.05. The van der Waals surface area contributed by atoms with E-state index in [1.807, 2.05) is 31.2 Å². The second kappa shape index (κ2) is 8.82. The number of benzene rings is 2. The maximum atomic E-state index is 13.6. The van der Waals surface area contributed by atoms with Crippen LogP contribution in [0.5, 0.6) is 5.75 Å². The van der Waals surface area contributed by atoms with Gasteiger partial charge in [0.05, 0.1) is 12.3 Å².